The van der Waals surface area contributed by atoms with E-state index in [1.165, 1.54) is 58.3 Å². The fraction of sp³-hybridized carbons (Fsp3) is 0.810. The molecule has 0 spiro atoms. The first-order chi connectivity index (χ1) is 11.9. The highest BCUT2D eigenvalue weighted by Crippen LogP contribution is 2.13. The monoisotopic (exact) mass is 353 g/mol. The maximum Gasteiger partial charge on any atom is 0.256 e. The van der Waals surface area contributed by atoms with Crippen LogP contribution in [0.1, 0.15) is 104 Å². The Kier molecular flexibility index (Phi) is 14.4. The molecule has 1 amide bonds. The van der Waals surface area contributed by atoms with Crippen LogP contribution in [-0.4, -0.2) is 22.4 Å². The van der Waals surface area contributed by atoms with Crippen LogP contribution in [0.25, 0.3) is 0 Å². The molecule has 146 valence electrons. The number of ketones is 1. The number of rotatable bonds is 17. The van der Waals surface area contributed by atoms with Crippen molar-refractivity contribution in [1.29, 1.82) is 0 Å². The summed E-state index contributed by atoms with van der Waals surface area (Å²) < 4.78 is 0. The van der Waals surface area contributed by atoms with Gasteiger partial charge in [-0.1, -0.05) is 70.4 Å². The van der Waals surface area contributed by atoms with Gasteiger partial charge in [0.1, 0.15) is 0 Å². The maximum atomic E-state index is 11.7. The van der Waals surface area contributed by atoms with Crippen LogP contribution in [-0.2, 0) is 9.59 Å². The Morgan fingerprint density at radius 1 is 0.840 bits per heavy atom. The van der Waals surface area contributed by atoms with Gasteiger partial charge in [-0.25, -0.2) is 0 Å². The van der Waals surface area contributed by atoms with Gasteiger partial charge in [-0.3, -0.25) is 9.59 Å². The third-order valence-electron chi connectivity index (χ3n) is 4.69. The fourth-order valence-electron chi connectivity index (χ4n) is 2.74. The summed E-state index contributed by atoms with van der Waals surface area (Å²) in [6, 6.07) is 0. The minimum Gasteiger partial charge on any atom is -0.373 e. The van der Waals surface area contributed by atoms with E-state index in [-0.39, 0.29) is 6.42 Å². The minimum atomic E-state index is -2.01. The number of carbonyl (C=O) groups excluding carboxylic acids is 2. The molecule has 0 aliphatic heterocycles. The molecule has 25 heavy (non-hydrogen) atoms. The van der Waals surface area contributed by atoms with E-state index in [1.807, 2.05) is 0 Å². The Morgan fingerprint density at radius 3 is 1.76 bits per heavy atom. The lowest BCUT2D eigenvalue weighted by Crippen LogP contribution is -2.47. The predicted octanol–water partition coefficient (Wildman–Crippen LogP) is 4.83. The van der Waals surface area contributed by atoms with E-state index < -0.39 is 17.3 Å². The molecule has 0 saturated heterocycles. The number of Topliss-reactive ketones (excluding diaryl/α,β-unsaturated/α-hetero) is 1. The van der Waals surface area contributed by atoms with Crippen molar-refractivity contribution in [2.24, 2.45) is 5.73 Å². The molecule has 1 unspecified atom stereocenters. The number of aliphatic hydroxyl groups is 1. The number of amides is 1. The van der Waals surface area contributed by atoms with Crippen molar-refractivity contribution in [3.8, 4) is 0 Å². The first-order valence-electron chi connectivity index (χ1n) is 10.1. The van der Waals surface area contributed by atoms with Crippen molar-refractivity contribution in [3.63, 3.8) is 0 Å². The minimum absolute atomic E-state index is 0.216. The van der Waals surface area contributed by atoms with Gasteiger partial charge in [0.15, 0.2) is 11.4 Å². The summed E-state index contributed by atoms with van der Waals surface area (Å²) in [6.07, 6.45) is 20.3. The van der Waals surface area contributed by atoms with E-state index in [0.717, 1.165) is 25.7 Å². The van der Waals surface area contributed by atoms with E-state index in [0.29, 0.717) is 6.42 Å². The fourth-order valence-corrected chi connectivity index (χ4v) is 2.74. The molecule has 0 rings (SSSR count). The van der Waals surface area contributed by atoms with Gasteiger partial charge in [0.2, 0.25) is 0 Å². The Bertz CT molecular complexity index is 389. The highest BCUT2D eigenvalue weighted by atomic mass is 16.3. The SMILES string of the molecule is CCCCCCCCC=CCCCCCCCC(=O)C(C)(O)C(N)=O. The van der Waals surface area contributed by atoms with Crippen LogP contribution in [0.15, 0.2) is 12.2 Å². The van der Waals surface area contributed by atoms with Gasteiger partial charge in [0.25, 0.3) is 5.91 Å². The van der Waals surface area contributed by atoms with Crippen molar-refractivity contribution in [2.45, 2.75) is 109 Å². The van der Waals surface area contributed by atoms with Crippen molar-refractivity contribution >= 4 is 11.7 Å². The molecule has 4 heteroatoms. The lowest BCUT2D eigenvalue weighted by Gasteiger charge is -2.17. The summed E-state index contributed by atoms with van der Waals surface area (Å²) in [5.74, 6) is -1.44. The number of allylic oxidation sites excluding steroid dienone is 2. The summed E-state index contributed by atoms with van der Waals surface area (Å²) >= 11 is 0. The first kappa shape index (κ1) is 23.8. The van der Waals surface area contributed by atoms with E-state index in [1.54, 1.807) is 0 Å². The van der Waals surface area contributed by atoms with Gasteiger partial charge in [-0.05, 0) is 39.0 Å². The van der Waals surface area contributed by atoms with Crippen LogP contribution >= 0.6 is 0 Å². The van der Waals surface area contributed by atoms with Crippen molar-refractivity contribution in [3.05, 3.63) is 12.2 Å². The Labute approximate surface area is 154 Å². The van der Waals surface area contributed by atoms with E-state index in [9.17, 15) is 14.7 Å². The molecular formula is C21H39NO3. The summed E-state index contributed by atoms with van der Waals surface area (Å²) in [5, 5.41) is 9.64. The molecule has 0 aromatic carbocycles. The van der Waals surface area contributed by atoms with Gasteiger partial charge in [-0.15, -0.1) is 0 Å². The zero-order valence-corrected chi connectivity index (χ0v) is 16.4. The Morgan fingerprint density at radius 2 is 1.28 bits per heavy atom. The average Bonchev–Trinajstić information content (AvgIpc) is 2.57. The smallest absolute Gasteiger partial charge is 0.256 e. The largest absolute Gasteiger partial charge is 0.373 e. The standard InChI is InChI=1S/C21H39NO3/c1-3-4-5-6-7-8-9-10-11-12-13-14-15-16-17-18-19(23)21(2,25)20(22)24/h10-11,25H,3-9,12-18H2,1-2H3,(H2,22,24). The van der Waals surface area contributed by atoms with Gasteiger partial charge in [-0.2, -0.15) is 0 Å². The molecule has 1 atom stereocenters. The van der Waals surface area contributed by atoms with Crippen molar-refractivity contribution in [1.82, 2.24) is 0 Å². The quantitative estimate of drug-likeness (QED) is 0.223. The highest BCUT2D eigenvalue weighted by molar-refractivity contribution is 6.07. The Balaban J connectivity index is 3.40. The van der Waals surface area contributed by atoms with Crippen LogP contribution in [0.2, 0.25) is 0 Å². The van der Waals surface area contributed by atoms with Gasteiger partial charge >= 0.3 is 0 Å². The molecule has 0 heterocycles. The zero-order chi connectivity index (χ0) is 19.0. The number of primary amides is 1. The van der Waals surface area contributed by atoms with Gasteiger partial charge < -0.3 is 10.8 Å². The first-order valence-corrected chi connectivity index (χ1v) is 10.1. The highest BCUT2D eigenvalue weighted by Gasteiger charge is 2.35. The van der Waals surface area contributed by atoms with Gasteiger partial charge in [0.05, 0.1) is 0 Å². The summed E-state index contributed by atoms with van der Waals surface area (Å²) in [7, 11) is 0. The Hall–Kier alpha value is -1.16. The zero-order valence-electron chi connectivity index (χ0n) is 16.4. The van der Waals surface area contributed by atoms with Crippen LogP contribution in [0.5, 0.6) is 0 Å². The number of unbranched alkanes of at least 4 members (excludes halogenated alkanes) is 11. The molecule has 0 aromatic rings. The third-order valence-corrected chi connectivity index (χ3v) is 4.69. The number of carbonyl (C=O) groups is 2. The van der Waals surface area contributed by atoms with E-state index in [4.69, 9.17) is 5.73 Å². The molecule has 0 saturated carbocycles. The topological polar surface area (TPSA) is 80.4 Å². The van der Waals surface area contributed by atoms with E-state index in [2.05, 4.69) is 19.1 Å². The molecule has 0 bridgehead atoms. The van der Waals surface area contributed by atoms with Crippen LogP contribution in [0, 0.1) is 0 Å². The predicted molar refractivity (Wildman–Crippen MR) is 104 cm³/mol. The molecule has 0 aliphatic carbocycles. The second kappa shape index (κ2) is 15.1. The van der Waals surface area contributed by atoms with Crippen molar-refractivity contribution in [2.75, 3.05) is 0 Å². The van der Waals surface area contributed by atoms with Crippen LogP contribution in [0.4, 0.5) is 0 Å². The lowest BCUT2D eigenvalue weighted by atomic mass is 9.95. The van der Waals surface area contributed by atoms with Gasteiger partial charge in [0, 0.05) is 6.42 Å². The molecule has 0 aromatic heterocycles. The second-order valence-electron chi connectivity index (χ2n) is 7.19. The van der Waals surface area contributed by atoms with E-state index >= 15 is 0 Å². The molecule has 4 nitrogen and oxygen atoms in total. The summed E-state index contributed by atoms with van der Waals surface area (Å²) in [4.78, 5) is 22.6. The molecule has 0 fully saturated rings. The third kappa shape index (κ3) is 12.8. The number of hydrogen-bond donors (Lipinski definition) is 2. The summed E-state index contributed by atoms with van der Waals surface area (Å²) in [5.41, 5.74) is 3.00. The number of hydrogen-bond acceptors (Lipinski definition) is 3. The lowest BCUT2D eigenvalue weighted by molar-refractivity contribution is -0.148. The van der Waals surface area contributed by atoms with Crippen LogP contribution in [0.3, 0.4) is 0 Å². The molecule has 0 radical (unpaired) electrons. The molecule has 0 aliphatic rings. The normalized spacial score (nSPS) is 13.9. The van der Waals surface area contributed by atoms with Crippen molar-refractivity contribution < 1.29 is 14.7 Å². The second-order valence-corrected chi connectivity index (χ2v) is 7.19. The molecule has 3 N–H and O–H groups in total. The molecular weight excluding hydrogens is 314 g/mol. The number of nitrogens with two attached hydrogens (primary N) is 1. The maximum absolute atomic E-state index is 11.7. The van der Waals surface area contributed by atoms with Crippen LogP contribution < -0.4 is 5.73 Å². The average molecular weight is 354 g/mol. The summed E-state index contributed by atoms with van der Waals surface area (Å²) in [6.45, 7) is 3.42.